The first-order chi connectivity index (χ1) is 11.5. The van der Waals surface area contributed by atoms with Crippen molar-refractivity contribution in [1.82, 2.24) is 15.0 Å². The molecule has 3 aromatic rings. The van der Waals surface area contributed by atoms with Gasteiger partial charge in [0.1, 0.15) is 5.69 Å². The van der Waals surface area contributed by atoms with Crippen LogP contribution in [0.25, 0.3) is 11.3 Å². The van der Waals surface area contributed by atoms with Gasteiger partial charge in [-0.1, -0.05) is 65.9 Å². The molecule has 124 valence electrons. The lowest BCUT2D eigenvalue weighted by molar-refractivity contribution is 0.583. The van der Waals surface area contributed by atoms with Crippen molar-refractivity contribution in [3.05, 3.63) is 66.2 Å². The van der Waals surface area contributed by atoms with Gasteiger partial charge in [-0.25, -0.2) is 13.1 Å². The van der Waals surface area contributed by atoms with Crippen LogP contribution in [0.1, 0.15) is 19.4 Å². The van der Waals surface area contributed by atoms with Crippen LogP contribution >= 0.6 is 0 Å². The van der Waals surface area contributed by atoms with Crippen LogP contribution in [0.5, 0.6) is 0 Å². The molecular formula is C18H19N3O2S. The summed E-state index contributed by atoms with van der Waals surface area (Å²) in [7, 11) is -3.52. The number of hydrogen-bond donors (Lipinski definition) is 0. The van der Waals surface area contributed by atoms with Crippen LogP contribution < -0.4 is 0 Å². The Morgan fingerprint density at radius 2 is 1.54 bits per heavy atom. The van der Waals surface area contributed by atoms with Gasteiger partial charge in [0.05, 0.1) is 11.8 Å². The summed E-state index contributed by atoms with van der Waals surface area (Å²) in [4.78, 5) is 0. The van der Waals surface area contributed by atoms with E-state index in [2.05, 4.69) is 10.3 Å². The van der Waals surface area contributed by atoms with Crippen molar-refractivity contribution in [3.8, 4) is 11.3 Å². The first-order valence-electron chi connectivity index (χ1n) is 7.77. The zero-order chi connectivity index (χ0) is 17.2. The Balaban J connectivity index is 2.16. The van der Waals surface area contributed by atoms with Crippen LogP contribution in [0, 0.1) is 0 Å². The maximum Gasteiger partial charge on any atom is 0.205 e. The Morgan fingerprint density at radius 1 is 0.958 bits per heavy atom. The van der Waals surface area contributed by atoms with Crippen molar-refractivity contribution >= 4 is 9.84 Å². The fourth-order valence-electron chi connectivity index (χ4n) is 2.45. The SMILES string of the molecule is CC(C)S(=O)(=O)c1nnn(Cc2ccccc2)c1-c1ccccc1. The Morgan fingerprint density at radius 3 is 2.12 bits per heavy atom. The number of rotatable bonds is 5. The van der Waals surface area contributed by atoms with Gasteiger partial charge in [0, 0.05) is 5.56 Å². The molecule has 0 bridgehead atoms. The van der Waals surface area contributed by atoms with Gasteiger partial charge in [-0.3, -0.25) is 0 Å². The highest BCUT2D eigenvalue weighted by molar-refractivity contribution is 7.92. The molecule has 0 spiro atoms. The lowest BCUT2D eigenvalue weighted by Crippen LogP contribution is -2.16. The molecule has 0 aliphatic heterocycles. The Labute approximate surface area is 141 Å². The van der Waals surface area contributed by atoms with E-state index in [1.165, 1.54) is 0 Å². The monoisotopic (exact) mass is 341 g/mol. The summed E-state index contributed by atoms with van der Waals surface area (Å²) in [6.45, 7) is 3.77. The quantitative estimate of drug-likeness (QED) is 0.715. The van der Waals surface area contributed by atoms with Gasteiger partial charge in [-0.05, 0) is 19.4 Å². The average molecular weight is 341 g/mol. The van der Waals surface area contributed by atoms with Crippen molar-refractivity contribution in [2.45, 2.75) is 30.7 Å². The summed E-state index contributed by atoms with van der Waals surface area (Å²) >= 11 is 0. The second kappa shape index (κ2) is 6.57. The molecule has 1 aromatic heterocycles. The number of benzene rings is 2. The van der Waals surface area contributed by atoms with Crippen LogP contribution in [-0.4, -0.2) is 28.7 Å². The van der Waals surface area contributed by atoms with Crippen LogP contribution in [0.15, 0.2) is 65.7 Å². The van der Waals surface area contributed by atoms with Crippen molar-refractivity contribution in [2.75, 3.05) is 0 Å². The predicted octanol–water partition coefficient (Wildman–Crippen LogP) is 3.18. The minimum Gasteiger partial charge on any atom is -0.239 e. The van der Waals surface area contributed by atoms with E-state index in [1.807, 2.05) is 60.7 Å². The highest BCUT2D eigenvalue weighted by Crippen LogP contribution is 2.28. The van der Waals surface area contributed by atoms with E-state index in [-0.39, 0.29) is 5.03 Å². The maximum atomic E-state index is 12.7. The van der Waals surface area contributed by atoms with Crippen LogP contribution in [-0.2, 0) is 16.4 Å². The smallest absolute Gasteiger partial charge is 0.205 e. The normalized spacial score (nSPS) is 11.8. The molecule has 0 saturated carbocycles. The van der Waals surface area contributed by atoms with Gasteiger partial charge in [0.2, 0.25) is 14.9 Å². The molecular weight excluding hydrogens is 322 g/mol. The summed E-state index contributed by atoms with van der Waals surface area (Å²) in [6.07, 6.45) is 0. The summed E-state index contributed by atoms with van der Waals surface area (Å²) in [5, 5.41) is 7.62. The van der Waals surface area contributed by atoms with E-state index in [0.717, 1.165) is 11.1 Å². The largest absolute Gasteiger partial charge is 0.239 e. The third kappa shape index (κ3) is 3.10. The zero-order valence-electron chi connectivity index (χ0n) is 13.6. The lowest BCUT2D eigenvalue weighted by Gasteiger charge is -2.10. The minimum absolute atomic E-state index is 0.0413. The van der Waals surface area contributed by atoms with E-state index >= 15 is 0 Å². The number of hydrogen-bond acceptors (Lipinski definition) is 4. The minimum atomic E-state index is -3.52. The summed E-state index contributed by atoms with van der Waals surface area (Å²) in [5.41, 5.74) is 2.36. The Bertz CT molecular complexity index is 917. The van der Waals surface area contributed by atoms with E-state index in [9.17, 15) is 8.42 Å². The standard InChI is InChI=1S/C18H19N3O2S/c1-14(2)24(22,23)18-17(16-11-7-4-8-12-16)21(20-19-18)13-15-9-5-3-6-10-15/h3-12,14H,13H2,1-2H3. The highest BCUT2D eigenvalue weighted by Gasteiger charge is 2.29. The Kier molecular flexibility index (Phi) is 4.49. The predicted molar refractivity (Wildman–Crippen MR) is 93.3 cm³/mol. The molecule has 6 heteroatoms. The van der Waals surface area contributed by atoms with Crippen molar-refractivity contribution in [1.29, 1.82) is 0 Å². The van der Waals surface area contributed by atoms with Gasteiger partial charge in [-0.15, -0.1) is 5.10 Å². The van der Waals surface area contributed by atoms with Gasteiger partial charge < -0.3 is 0 Å². The maximum absolute atomic E-state index is 12.7. The second-order valence-corrected chi connectivity index (χ2v) is 8.27. The summed E-state index contributed by atoms with van der Waals surface area (Å²) in [6, 6.07) is 19.2. The third-order valence-electron chi connectivity index (χ3n) is 3.82. The van der Waals surface area contributed by atoms with E-state index in [4.69, 9.17) is 0 Å². The molecule has 2 aromatic carbocycles. The molecule has 0 saturated heterocycles. The summed E-state index contributed by atoms with van der Waals surface area (Å²) < 4.78 is 27.0. The molecule has 5 nitrogen and oxygen atoms in total. The molecule has 0 atom stereocenters. The van der Waals surface area contributed by atoms with Crippen molar-refractivity contribution in [2.24, 2.45) is 0 Å². The van der Waals surface area contributed by atoms with E-state index in [1.54, 1.807) is 18.5 Å². The topological polar surface area (TPSA) is 64.8 Å². The number of nitrogens with zero attached hydrogens (tertiary/aromatic N) is 3. The van der Waals surface area contributed by atoms with Crippen LogP contribution in [0.4, 0.5) is 0 Å². The molecule has 3 rings (SSSR count). The second-order valence-electron chi connectivity index (χ2n) is 5.85. The van der Waals surface area contributed by atoms with Gasteiger partial charge in [0.15, 0.2) is 0 Å². The average Bonchev–Trinajstić information content (AvgIpc) is 3.00. The Hall–Kier alpha value is -2.47. The molecule has 0 amide bonds. The van der Waals surface area contributed by atoms with Crippen LogP contribution in [0.3, 0.4) is 0 Å². The number of sulfone groups is 1. The molecule has 0 N–H and O–H groups in total. The molecule has 0 unspecified atom stereocenters. The third-order valence-corrected chi connectivity index (χ3v) is 5.87. The molecule has 0 aliphatic carbocycles. The molecule has 1 heterocycles. The van der Waals surface area contributed by atoms with Crippen molar-refractivity contribution < 1.29 is 8.42 Å². The molecule has 0 fully saturated rings. The highest BCUT2D eigenvalue weighted by atomic mass is 32.2. The van der Waals surface area contributed by atoms with Gasteiger partial charge in [0.25, 0.3) is 0 Å². The first kappa shape index (κ1) is 16.4. The van der Waals surface area contributed by atoms with Gasteiger partial charge >= 0.3 is 0 Å². The summed E-state index contributed by atoms with van der Waals surface area (Å²) in [5.74, 6) is 0. The van der Waals surface area contributed by atoms with Gasteiger partial charge in [-0.2, -0.15) is 0 Å². The lowest BCUT2D eigenvalue weighted by atomic mass is 10.1. The van der Waals surface area contributed by atoms with Crippen LogP contribution in [0.2, 0.25) is 0 Å². The molecule has 24 heavy (non-hydrogen) atoms. The first-order valence-corrected chi connectivity index (χ1v) is 9.31. The number of aromatic nitrogens is 3. The van der Waals surface area contributed by atoms with Crippen molar-refractivity contribution in [3.63, 3.8) is 0 Å². The van der Waals surface area contributed by atoms with E-state index in [0.29, 0.717) is 12.2 Å². The fraction of sp³-hybridized carbons (Fsp3) is 0.222. The van der Waals surface area contributed by atoms with E-state index < -0.39 is 15.1 Å². The zero-order valence-corrected chi connectivity index (χ0v) is 14.4. The molecule has 0 aliphatic rings. The fourth-order valence-corrected chi connectivity index (χ4v) is 3.54. The molecule has 0 radical (unpaired) electrons.